The number of nitrogens with one attached hydrogen (secondary N) is 1. The summed E-state index contributed by atoms with van der Waals surface area (Å²) in [6, 6.07) is 0.700. The van der Waals surface area contributed by atoms with Gasteiger partial charge in [-0.2, -0.15) is 5.10 Å². The molecule has 0 unspecified atom stereocenters. The molecule has 0 aliphatic carbocycles. The van der Waals surface area contributed by atoms with Gasteiger partial charge >= 0.3 is 0 Å². The molecule has 1 atom stereocenters. The van der Waals surface area contributed by atoms with Crippen molar-refractivity contribution in [1.29, 1.82) is 0 Å². The highest BCUT2D eigenvalue weighted by Gasteiger charge is 2.16. The van der Waals surface area contributed by atoms with Crippen LogP contribution in [-0.2, 0) is 13.5 Å². The Hall–Kier alpha value is -0.870. The van der Waals surface area contributed by atoms with Crippen molar-refractivity contribution in [2.45, 2.75) is 39.2 Å². The van der Waals surface area contributed by atoms with E-state index < -0.39 is 0 Å². The first-order chi connectivity index (χ1) is 8.58. The molecule has 0 aromatic carbocycles. The van der Waals surface area contributed by atoms with Crippen LogP contribution in [0.5, 0.6) is 0 Å². The molecule has 0 saturated carbocycles. The molecule has 1 aromatic rings. The summed E-state index contributed by atoms with van der Waals surface area (Å²) >= 11 is 0. The normalized spacial score (nSPS) is 19.9. The first-order valence-electron chi connectivity index (χ1n) is 6.99. The molecule has 4 nitrogen and oxygen atoms in total. The molecule has 18 heavy (non-hydrogen) atoms. The van der Waals surface area contributed by atoms with E-state index in [1.54, 1.807) is 0 Å². The number of aryl methyl sites for hydroxylation is 2. The summed E-state index contributed by atoms with van der Waals surface area (Å²) in [5.74, 6) is 0. The summed E-state index contributed by atoms with van der Waals surface area (Å²) in [4.78, 5) is 2.44. The number of rotatable bonds is 5. The van der Waals surface area contributed by atoms with Crippen molar-refractivity contribution >= 4 is 0 Å². The lowest BCUT2D eigenvalue weighted by molar-refractivity contribution is 0.303. The Morgan fingerprint density at radius 1 is 1.44 bits per heavy atom. The summed E-state index contributed by atoms with van der Waals surface area (Å²) in [6.07, 6.45) is 3.77. The molecule has 1 N–H and O–H groups in total. The zero-order valence-corrected chi connectivity index (χ0v) is 12.2. The first-order valence-corrected chi connectivity index (χ1v) is 6.99. The number of hydrogen-bond acceptors (Lipinski definition) is 3. The molecule has 2 heterocycles. The third kappa shape index (κ3) is 3.12. The van der Waals surface area contributed by atoms with Gasteiger partial charge in [-0.05, 0) is 52.3 Å². The van der Waals surface area contributed by atoms with Gasteiger partial charge in [0, 0.05) is 31.9 Å². The second-order valence-corrected chi connectivity index (χ2v) is 5.58. The minimum atomic E-state index is 0.700. The fourth-order valence-electron chi connectivity index (χ4n) is 2.86. The topological polar surface area (TPSA) is 33.1 Å². The van der Waals surface area contributed by atoms with Gasteiger partial charge in [-0.3, -0.25) is 4.68 Å². The largest absolute Gasteiger partial charge is 0.313 e. The first kappa shape index (κ1) is 13.6. The van der Waals surface area contributed by atoms with Crippen molar-refractivity contribution in [1.82, 2.24) is 20.0 Å². The van der Waals surface area contributed by atoms with E-state index in [1.807, 2.05) is 11.7 Å². The Labute approximate surface area is 110 Å². The average Bonchev–Trinajstić information content (AvgIpc) is 2.88. The summed E-state index contributed by atoms with van der Waals surface area (Å²) in [5.41, 5.74) is 3.91. The van der Waals surface area contributed by atoms with E-state index in [4.69, 9.17) is 0 Å². The van der Waals surface area contributed by atoms with Gasteiger partial charge in [0.2, 0.25) is 0 Å². The summed E-state index contributed by atoms with van der Waals surface area (Å²) < 4.78 is 1.99. The van der Waals surface area contributed by atoms with Gasteiger partial charge in [-0.25, -0.2) is 0 Å². The molecule has 1 aliphatic heterocycles. The van der Waals surface area contributed by atoms with Crippen LogP contribution in [0.3, 0.4) is 0 Å². The van der Waals surface area contributed by atoms with Crippen molar-refractivity contribution in [3.05, 3.63) is 17.0 Å². The van der Waals surface area contributed by atoms with Gasteiger partial charge in [-0.15, -0.1) is 0 Å². The standard InChI is InChI=1S/C14H26N4/c1-11-14(12(2)18(4)16-11)7-9-17(3)10-13-6-5-8-15-13/h13,15H,5-10H2,1-4H3/t13-/m0/s1. The van der Waals surface area contributed by atoms with Gasteiger partial charge in [0.25, 0.3) is 0 Å². The second kappa shape index (κ2) is 5.85. The average molecular weight is 250 g/mol. The smallest absolute Gasteiger partial charge is 0.0628 e. The molecule has 4 heteroatoms. The van der Waals surface area contributed by atoms with Crippen LogP contribution in [0.4, 0.5) is 0 Å². The quantitative estimate of drug-likeness (QED) is 0.854. The third-order valence-corrected chi connectivity index (χ3v) is 4.10. The van der Waals surface area contributed by atoms with Crippen LogP contribution in [0.15, 0.2) is 0 Å². The van der Waals surface area contributed by atoms with Crippen LogP contribution in [0.25, 0.3) is 0 Å². The highest BCUT2D eigenvalue weighted by molar-refractivity contribution is 5.24. The van der Waals surface area contributed by atoms with E-state index in [1.165, 1.54) is 42.9 Å². The molecule has 1 aliphatic rings. The Morgan fingerprint density at radius 3 is 2.78 bits per heavy atom. The van der Waals surface area contributed by atoms with Crippen LogP contribution < -0.4 is 5.32 Å². The highest BCUT2D eigenvalue weighted by Crippen LogP contribution is 2.13. The zero-order chi connectivity index (χ0) is 13.1. The minimum Gasteiger partial charge on any atom is -0.313 e. The lowest BCUT2D eigenvalue weighted by Crippen LogP contribution is -2.36. The van der Waals surface area contributed by atoms with E-state index in [0.29, 0.717) is 6.04 Å². The maximum Gasteiger partial charge on any atom is 0.0628 e. The number of aromatic nitrogens is 2. The Kier molecular flexibility index (Phi) is 4.40. The van der Waals surface area contributed by atoms with Gasteiger partial charge in [-0.1, -0.05) is 0 Å². The second-order valence-electron chi connectivity index (χ2n) is 5.58. The molecule has 0 amide bonds. The van der Waals surface area contributed by atoms with Crippen molar-refractivity contribution < 1.29 is 0 Å². The fourth-order valence-corrected chi connectivity index (χ4v) is 2.86. The van der Waals surface area contributed by atoms with Crippen molar-refractivity contribution in [3.63, 3.8) is 0 Å². The Bertz CT molecular complexity index is 391. The van der Waals surface area contributed by atoms with Gasteiger partial charge < -0.3 is 10.2 Å². The van der Waals surface area contributed by atoms with E-state index in [9.17, 15) is 0 Å². The predicted molar refractivity (Wildman–Crippen MR) is 74.9 cm³/mol. The number of likely N-dealkylation sites (N-methyl/N-ethyl adjacent to an activating group) is 1. The summed E-state index contributed by atoms with van der Waals surface area (Å²) in [7, 11) is 4.25. The minimum absolute atomic E-state index is 0.700. The van der Waals surface area contributed by atoms with Crippen LogP contribution in [0.1, 0.15) is 29.8 Å². The molecular weight excluding hydrogens is 224 g/mol. The maximum atomic E-state index is 4.48. The third-order valence-electron chi connectivity index (χ3n) is 4.10. The van der Waals surface area contributed by atoms with E-state index >= 15 is 0 Å². The maximum absolute atomic E-state index is 4.48. The fraction of sp³-hybridized carbons (Fsp3) is 0.786. The lowest BCUT2D eigenvalue weighted by Gasteiger charge is -2.21. The zero-order valence-electron chi connectivity index (χ0n) is 12.2. The molecule has 0 radical (unpaired) electrons. The molecule has 102 valence electrons. The van der Waals surface area contributed by atoms with Crippen LogP contribution in [0, 0.1) is 13.8 Å². The summed E-state index contributed by atoms with van der Waals surface area (Å²) in [6.45, 7) is 7.75. The molecule has 0 spiro atoms. The SMILES string of the molecule is Cc1nn(C)c(C)c1CCN(C)C[C@@H]1CCCN1. The highest BCUT2D eigenvalue weighted by atomic mass is 15.3. The monoisotopic (exact) mass is 250 g/mol. The Balaban J connectivity index is 1.83. The molecule has 1 fully saturated rings. The van der Waals surface area contributed by atoms with Crippen molar-refractivity contribution in [3.8, 4) is 0 Å². The van der Waals surface area contributed by atoms with Gasteiger partial charge in [0.15, 0.2) is 0 Å². The van der Waals surface area contributed by atoms with Crippen LogP contribution in [0.2, 0.25) is 0 Å². The van der Waals surface area contributed by atoms with Crippen molar-refractivity contribution in [2.75, 3.05) is 26.7 Å². The van der Waals surface area contributed by atoms with Crippen molar-refractivity contribution in [2.24, 2.45) is 7.05 Å². The summed E-state index contributed by atoms with van der Waals surface area (Å²) in [5, 5.41) is 8.03. The lowest BCUT2D eigenvalue weighted by atomic mass is 10.1. The Morgan fingerprint density at radius 2 is 2.22 bits per heavy atom. The molecule has 0 bridgehead atoms. The van der Waals surface area contributed by atoms with Gasteiger partial charge in [0.1, 0.15) is 0 Å². The molecule has 1 saturated heterocycles. The van der Waals surface area contributed by atoms with Crippen LogP contribution >= 0.6 is 0 Å². The molecular formula is C14H26N4. The van der Waals surface area contributed by atoms with E-state index in [2.05, 4.69) is 36.2 Å². The predicted octanol–water partition coefficient (Wildman–Crippen LogP) is 1.26. The van der Waals surface area contributed by atoms with Gasteiger partial charge in [0.05, 0.1) is 5.69 Å². The van der Waals surface area contributed by atoms with E-state index in [-0.39, 0.29) is 0 Å². The van der Waals surface area contributed by atoms with Crippen LogP contribution in [-0.4, -0.2) is 47.4 Å². The number of hydrogen-bond donors (Lipinski definition) is 1. The number of nitrogens with zero attached hydrogens (tertiary/aromatic N) is 3. The molecule has 2 rings (SSSR count). The van der Waals surface area contributed by atoms with E-state index in [0.717, 1.165) is 13.0 Å². The molecule has 1 aromatic heterocycles.